The summed E-state index contributed by atoms with van der Waals surface area (Å²) in [5, 5.41) is 2.13. The van der Waals surface area contributed by atoms with Crippen LogP contribution in [0.15, 0.2) is 77.1 Å². The van der Waals surface area contributed by atoms with Gasteiger partial charge in [0.15, 0.2) is 5.76 Å². The molecular weight excluding hydrogens is 546 g/mol. The van der Waals surface area contributed by atoms with Crippen molar-refractivity contribution in [3.05, 3.63) is 84.0 Å². The van der Waals surface area contributed by atoms with Gasteiger partial charge in [-0.15, -0.1) is 0 Å². The van der Waals surface area contributed by atoms with Crippen molar-refractivity contribution >= 4 is 34.5 Å². The Morgan fingerprint density at radius 1 is 0.930 bits per heavy atom. The summed E-state index contributed by atoms with van der Waals surface area (Å²) in [5.41, 5.74) is 0.435. The minimum absolute atomic E-state index is 0.0938. The van der Waals surface area contributed by atoms with Gasteiger partial charge >= 0.3 is 5.97 Å². The molecule has 6 rings (SSSR count). The Bertz CT molecular complexity index is 1550. The number of hydrogen-bond donors (Lipinski definition) is 0. The number of amides is 3. The average molecular weight is 584 g/mol. The van der Waals surface area contributed by atoms with Gasteiger partial charge in [-0.2, -0.15) is 0 Å². The first kappa shape index (κ1) is 28.7. The first-order valence-electron chi connectivity index (χ1n) is 15.1. The molecular formula is C34H37N3O6. The fraction of sp³-hybridized carbons (Fsp3) is 0.412. The van der Waals surface area contributed by atoms with Gasteiger partial charge in [0, 0.05) is 38.3 Å². The third-order valence-electron chi connectivity index (χ3n) is 9.31. The standard InChI is InChI=1S/C34H37N3O6/c1-42-33(41)34-16-7-3-2-4-15-29(34)37(23-25-12-8-11-24-10-5-6-13-26(24)25)31(39)27(34)22-30(38)35-17-19-36(20-18-35)32(40)28-14-9-21-43-28/h5-6,8-15,21,27H,2-4,7,16-20,22-23H2,1H3/b29-15+/t27-,34-/m1/s1. The van der Waals surface area contributed by atoms with Crippen molar-refractivity contribution in [2.75, 3.05) is 33.3 Å². The molecule has 0 unspecified atom stereocenters. The van der Waals surface area contributed by atoms with Gasteiger partial charge in [0.25, 0.3) is 5.91 Å². The van der Waals surface area contributed by atoms with Crippen molar-refractivity contribution in [1.82, 2.24) is 14.7 Å². The lowest BCUT2D eigenvalue weighted by atomic mass is 9.69. The number of carbonyl (C=O) groups is 4. The van der Waals surface area contributed by atoms with E-state index in [0.29, 0.717) is 44.8 Å². The van der Waals surface area contributed by atoms with Gasteiger partial charge < -0.3 is 23.9 Å². The summed E-state index contributed by atoms with van der Waals surface area (Å²) in [7, 11) is 1.36. The van der Waals surface area contributed by atoms with Crippen LogP contribution >= 0.6 is 0 Å². The quantitative estimate of drug-likeness (QED) is 0.388. The minimum Gasteiger partial charge on any atom is -0.468 e. The van der Waals surface area contributed by atoms with Gasteiger partial charge in [-0.1, -0.05) is 61.4 Å². The smallest absolute Gasteiger partial charge is 0.318 e. The Kier molecular flexibility index (Phi) is 8.06. The summed E-state index contributed by atoms with van der Waals surface area (Å²) in [5.74, 6) is -1.67. The zero-order valence-electron chi connectivity index (χ0n) is 24.5. The monoisotopic (exact) mass is 583 g/mol. The van der Waals surface area contributed by atoms with Crippen LogP contribution in [0.1, 0.15) is 54.6 Å². The van der Waals surface area contributed by atoms with Crippen LogP contribution in [0.2, 0.25) is 0 Å². The maximum atomic E-state index is 14.4. The second-order valence-electron chi connectivity index (χ2n) is 11.6. The third kappa shape index (κ3) is 5.21. The summed E-state index contributed by atoms with van der Waals surface area (Å²) in [6, 6.07) is 17.4. The lowest BCUT2D eigenvalue weighted by Crippen LogP contribution is -2.51. The van der Waals surface area contributed by atoms with E-state index in [2.05, 4.69) is 0 Å². The summed E-state index contributed by atoms with van der Waals surface area (Å²) in [6.07, 6.45) is 7.27. The van der Waals surface area contributed by atoms with Crippen molar-refractivity contribution in [3.63, 3.8) is 0 Å². The predicted octanol–water partition coefficient (Wildman–Crippen LogP) is 4.77. The van der Waals surface area contributed by atoms with Crippen LogP contribution in [-0.2, 0) is 25.7 Å². The van der Waals surface area contributed by atoms with E-state index in [4.69, 9.17) is 9.15 Å². The molecule has 0 N–H and O–H groups in total. The van der Waals surface area contributed by atoms with Gasteiger partial charge in [0.05, 0.1) is 25.8 Å². The van der Waals surface area contributed by atoms with Gasteiger partial charge in [0.1, 0.15) is 5.41 Å². The number of allylic oxidation sites excluding steroid dienone is 1. The second kappa shape index (κ2) is 12.1. The number of furan rings is 1. The van der Waals surface area contributed by atoms with Crippen LogP contribution in [0.5, 0.6) is 0 Å². The number of ether oxygens (including phenoxy) is 1. The fourth-order valence-electron chi connectivity index (χ4n) is 7.07. The van der Waals surface area contributed by atoms with Crippen LogP contribution in [0.25, 0.3) is 10.8 Å². The molecule has 9 heteroatoms. The molecule has 3 aliphatic rings. The zero-order valence-corrected chi connectivity index (χ0v) is 24.5. The van der Waals surface area contributed by atoms with Crippen LogP contribution in [-0.4, -0.2) is 71.7 Å². The summed E-state index contributed by atoms with van der Waals surface area (Å²) in [6.45, 7) is 1.73. The SMILES string of the molecule is COC(=O)[C@@]12CCCCC/C=C\1N(Cc1cccc3ccccc13)C(=O)[C@H]2CC(=O)N1CCN(C(=O)c2ccco2)CC1. The first-order chi connectivity index (χ1) is 20.9. The van der Waals surface area contributed by atoms with E-state index in [9.17, 15) is 19.2 Å². The van der Waals surface area contributed by atoms with Crippen molar-refractivity contribution < 1.29 is 28.3 Å². The van der Waals surface area contributed by atoms with E-state index in [0.717, 1.165) is 42.0 Å². The van der Waals surface area contributed by atoms with Crippen LogP contribution in [0.3, 0.4) is 0 Å². The largest absolute Gasteiger partial charge is 0.468 e. The molecule has 1 aromatic heterocycles. The van der Waals surface area contributed by atoms with E-state index in [-0.39, 0.29) is 29.9 Å². The van der Waals surface area contributed by atoms with E-state index in [1.54, 1.807) is 26.8 Å². The van der Waals surface area contributed by atoms with Crippen LogP contribution < -0.4 is 0 Å². The molecule has 0 bridgehead atoms. The molecule has 2 aliphatic heterocycles. The van der Waals surface area contributed by atoms with Gasteiger partial charge in [0.2, 0.25) is 11.8 Å². The molecule has 2 fully saturated rings. The van der Waals surface area contributed by atoms with Crippen LogP contribution in [0, 0.1) is 11.3 Å². The molecule has 224 valence electrons. The molecule has 2 saturated heterocycles. The number of carbonyl (C=O) groups excluding carboxylic acids is 4. The highest BCUT2D eigenvalue weighted by molar-refractivity contribution is 5.99. The molecule has 0 saturated carbocycles. The number of fused-ring (bicyclic) bond motifs is 2. The number of nitrogens with zero attached hydrogens (tertiary/aromatic N) is 3. The highest BCUT2D eigenvalue weighted by Crippen LogP contribution is 2.53. The maximum absolute atomic E-state index is 14.4. The first-order valence-corrected chi connectivity index (χ1v) is 15.1. The Hall–Kier alpha value is -4.40. The summed E-state index contributed by atoms with van der Waals surface area (Å²) < 4.78 is 10.7. The number of hydrogen-bond acceptors (Lipinski definition) is 6. The number of piperazine rings is 1. The molecule has 2 aromatic carbocycles. The molecule has 3 heterocycles. The van der Waals surface area contributed by atoms with Crippen molar-refractivity contribution in [3.8, 4) is 0 Å². The highest BCUT2D eigenvalue weighted by atomic mass is 16.5. The Morgan fingerprint density at radius 2 is 1.70 bits per heavy atom. The minimum atomic E-state index is -1.22. The molecule has 1 aliphatic carbocycles. The highest BCUT2D eigenvalue weighted by Gasteiger charge is 2.61. The van der Waals surface area contributed by atoms with Crippen LogP contribution in [0.4, 0.5) is 0 Å². The van der Waals surface area contributed by atoms with E-state index < -0.39 is 17.3 Å². The Balaban J connectivity index is 1.28. The molecule has 0 spiro atoms. The number of likely N-dealkylation sites (tertiary alicyclic amines) is 1. The molecule has 9 nitrogen and oxygen atoms in total. The molecule has 3 amide bonds. The zero-order chi connectivity index (χ0) is 30.0. The van der Waals surface area contributed by atoms with Crippen molar-refractivity contribution in [2.24, 2.45) is 11.3 Å². The van der Waals surface area contributed by atoms with Gasteiger partial charge in [-0.3, -0.25) is 19.2 Å². The van der Waals surface area contributed by atoms with E-state index in [1.165, 1.54) is 13.4 Å². The van der Waals surface area contributed by atoms with E-state index >= 15 is 0 Å². The lowest BCUT2D eigenvalue weighted by molar-refractivity contribution is -0.156. The second-order valence-corrected chi connectivity index (χ2v) is 11.6. The van der Waals surface area contributed by atoms with E-state index in [1.807, 2.05) is 48.5 Å². The Labute approximate surface area is 251 Å². The van der Waals surface area contributed by atoms with Crippen molar-refractivity contribution in [2.45, 2.75) is 45.1 Å². The average Bonchev–Trinajstić information content (AvgIpc) is 3.63. The van der Waals surface area contributed by atoms with Gasteiger partial charge in [-0.25, -0.2) is 0 Å². The molecule has 2 atom stereocenters. The van der Waals surface area contributed by atoms with Gasteiger partial charge in [-0.05, 0) is 47.7 Å². The number of methoxy groups -OCH3 is 1. The maximum Gasteiger partial charge on any atom is 0.318 e. The molecule has 0 radical (unpaired) electrons. The topological polar surface area (TPSA) is 100 Å². The Morgan fingerprint density at radius 3 is 2.47 bits per heavy atom. The third-order valence-corrected chi connectivity index (χ3v) is 9.31. The fourth-order valence-corrected chi connectivity index (χ4v) is 7.07. The number of esters is 1. The summed E-state index contributed by atoms with van der Waals surface area (Å²) in [4.78, 5) is 59.8. The molecule has 3 aromatic rings. The van der Waals surface area contributed by atoms with Crippen molar-refractivity contribution in [1.29, 1.82) is 0 Å². The predicted molar refractivity (Wildman–Crippen MR) is 159 cm³/mol. The normalized spacial score (nSPS) is 23.7. The number of rotatable bonds is 6. The number of benzene rings is 2. The summed E-state index contributed by atoms with van der Waals surface area (Å²) >= 11 is 0. The molecule has 43 heavy (non-hydrogen) atoms. The lowest BCUT2D eigenvalue weighted by Gasteiger charge is -2.37.